The van der Waals surface area contributed by atoms with E-state index in [2.05, 4.69) is 34.1 Å². The number of carbonyl (C=O) groups is 1. The molecule has 0 amide bonds. The molecule has 0 spiro atoms. The van der Waals surface area contributed by atoms with Gasteiger partial charge in [0.1, 0.15) is 11.9 Å². The Labute approximate surface area is 205 Å². The lowest BCUT2D eigenvalue weighted by Crippen LogP contribution is -2.52. The molecule has 1 aromatic heterocycles. The highest BCUT2D eigenvalue weighted by Crippen LogP contribution is 2.42. The summed E-state index contributed by atoms with van der Waals surface area (Å²) < 4.78 is 20.7. The van der Waals surface area contributed by atoms with E-state index in [0.29, 0.717) is 42.7 Å². The standard InChI is InChI=1S/C29H33FN2O3/c1-35-23-8-10-28-25(17-23)24(11-13-31-28)27(30)9-7-20-12-14-32(18-26(20)29(33)34)22-15-21(16-22)19-5-3-2-4-6-19/h2-6,8,10-11,13,17,20-22,26-27H,7,9,12,14-16,18H2,1H3,(H,33,34)/t20-,21?,22?,26+,27?/m1/s1. The van der Waals surface area contributed by atoms with Gasteiger partial charge >= 0.3 is 5.97 Å². The average Bonchev–Trinajstić information content (AvgIpc) is 2.86. The number of ether oxygens (including phenoxy) is 1. The summed E-state index contributed by atoms with van der Waals surface area (Å²) in [4.78, 5) is 18.9. The SMILES string of the molecule is COc1ccc2nccc(C(F)CC[C@@H]3CCN(C4CC(c5ccccc5)C4)C[C@@H]3C(=O)O)c2c1. The van der Waals surface area contributed by atoms with Crippen LogP contribution in [0.2, 0.25) is 0 Å². The van der Waals surface area contributed by atoms with Gasteiger partial charge in [-0.2, -0.15) is 0 Å². The second-order valence-corrected chi connectivity index (χ2v) is 10.0. The summed E-state index contributed by atoms with van der Waals surface area (Å²) in [6.07, 6.45) is 4.33. The number of rotatable bonds is 8. The quantitative estimate of drug-likeness (QED) is 0.432. The Bertz CT molecular complexity index is 1170. The van der Waals surface area contributed by atoms with Gasteiger partial charge in [0, 0.05) is 24.2 Å². The van der Waals surface area contributed by atoms with Gasteiger partial charge in [-0.15, -0.1) is 0 Å². The van der Waals surface area contributed by atoms with Gasteiger partial charge in [-0.05, 0) is 85.9 Å². The van der Waals surface area contributed by atoms with Crippen LogP contribution in [-0.2, 0) is 4.79 Å². The van der Waals surface area contributed by atoms with Gasteiger partial charge in [-0.25, -0.2) is 4.39 Å². The summed E-state index contributed by atoms with van der Waals surface area (Å²) in [6, 6.07) is 18.2. The number of nitrogens with zero attached hydrogens (tertiary/aromatic N) is 2. The Morgan fingerprint density at radius 3 is 2.74 bits per heavy atom. The molecule has 184 valence electrons. The third-order valence-electron chi connectivity index (χ3n) is 8.12. The molecule has 1 aliphatic carbocycles. The fraction of sp³-hybridized carbons (Fsp3) is 0.448. The molecule has 2 heterocycles. The molecule has 1 saturated heterocycles. The van der Waals surface area contributed by atoms with Crippen molar-refractivity contribution in [2.24, 2.45) is 11.8 Å². The van der Waals surface area contributed by atoms with Crippen LogP contribution in [0.15, 0.2) is 60.8 Å². The first kappa shape index (κ1) is 23.7. The number of halogens is 1. The number of hydrogen-bond acceptors (Lipinski definition) is 4. The van der Waals surface area contributed by atoms with Crippen molar-refractivity contribution in [3.63, 3.8) is 0 Å². The Balaban J connectivity index is 1.20. The Hall–Kier alpha value is -2.99. The molecule has 1 N–H and O–H groups in total. The molecule has 6 heteroatoms. The van der Waals surface area contributed by atoms with Crippen molar-refractivity contribution in [1.82, 2.24) is 9.88 Å². The number of carboxylic acid groups (broad SMARTS) is 1. The molecule has 2 aliphatic rings. The van der Waals surface area contributed by atoms with Crippen molar-refractivity contribution in [3.8, 4) is 5.75 Å². The molecule has 1 saturated carbocycles. The van der Waals surface area contributed by atoms with Gasteiger partial charge in [-0.1, -0.05) is 30.3 Å². The number of pyridine rings is 1. The van der Waals surface area contributed by atoms with E-state index in [0.717, 1.165) is 36.7 Å². The highest BCUT2D eigenvalue weighted by Gasteiger charge is 2.41. The second-order valence-electron chi connectivity index (χ2n) is 10.0. The molecule has 35 heavy (non-hydrogen) atoms. The molecule has 1 aliphatic heterocycles. The zero-order valence-corrected chi connectivity index (χ0v) is 20.1. The van der Waals surface area contributed by atoms with Crippen LogP contribution in [0.4, 0.5) is 4.39 Å². The summed E-state index contributed by atoms with van der Waals surface area (Å²) in [5.74, 6) is 0.0369. The minimum absolute atomic E-state index is 0.00497. The summed E-state index contributed by atoms with van der Waals surface area (Å²) in [7, 11) is 1.59. The van der Waals surface area contributed by atoms with E-state index in [-0.39, 0.29) is 5.92 Å². The van der Waals surface area contributed by atoms with Gasteiger partial charge in [-0.3, -0.25) is 14.7 Å². The smallest absolute Gasteiger partial charge is 0.308 e. The summed E-state index contributed by atoms with van der Waals surface area (Å²) >= 11 is 0. The highest BCUT2D eigenvalue weighted by molar-refractivity contribution is 5.83. The largest absolute Gasteiger partial charge is 0.497 e. The first-order chi connectivity index (χ1) is 17.0. The molecule has 1 unspecified atom stereocenters. The maximum Gasteiger partial charge on any atom is 0.308 e. The maximum absolute atomic E-state index is 15.4. The van der Waals surface area contributed by atoms with E-state index in [1.165, 1.54) is 5.56 Å². The van der Waals surface area contributed by atoms with E-state index < -0.39 is 18.1 Å². The van der Waals surface area contributed by atoms with Crippen LogP contribution >= 0.6 is 0 Å². The van der Waals surface area contributed by atoms with Crippen LogP contribution in [0.3, 0.4) is 0 Å². The molecule has 5 rings (SSSR count). The molecular weight excluding hydrogens is 443 g/mol. The van der Waals surface area contributed by atoms with Gasteiger partial charge < -0.3 is 9.84 Å². The van der Waals surface area contributed by atoms with E-state index in [1.807, 2.05) is 24.3 Å². The third kappa shape index (κ3) is 5.03. The number of aromatic nitrogens is 1. The van der Waals surface area contributed by atoms with Crippen molar-refractivity contribution in [1.29, 1.82) is 0 Å². The lowest BCUT2D eigenvalue weighted by molar-refractivity contribution is -0.147. The number of fused-ring (bicyclic) bond motifs is 1. The van der Waals surface area contributed by atoms with Gasteiger partial charge in [0.15, 0.2) is 0 Å². The summed E-state index contributed by atoms with van der Waals surface area (Å²) in [5, 5.41) is 10.7. The van der Waals surface area contributed by atoms with Gasteiger partial charge in [0.05, 0.1) is 18.5 Å². The van der Waals surface area contributed by atoms with Crippen LogP contribution in [0.25, 0.3) is 10.9 Å². The van der Waals surface area contributed by atoms with Gasteiger partial charge in [0.2, 0.25) is 0 Å². The molecule has 0 bridgehead atoms. The maximum atomic E-state index is 15.4. The Morgan fingerprint density at radius 1 is 1.20 bits per heavy atom. The number of piperidine rings is 1. The first-order valence-electron chi connectivity index (χ1n) is 12.6. The lowest BCUT2D eigenvalue weighted by Gasteiger charge is -2.47. The normalized spacial score (nSPS) is 25.7. The number of hydrogen-bond donors (Lipinski definition) is 1. The van der Waals surface area contributed by atoms with Crippen molar-refractivity contribution in [2.45, 2.75) is 50.2 Å². The van der Waals surface area contributed by atoms with E-state index in [1.54, 1.807) is 19.4 Å². The van der Waals surface area contributed by atoms with Crippen molar-refractivity contribution in [3.05, 3.63) is 71.9 Å². The average molecular weight is 477 g/mol. The van der Waals surface area contributed by atoms with Crippen molar-refractivity contribution >= 4 is 16.9 Å². The zero-order valence-electron chi connectivity index (χ0n) is 20.1. The first-order valence-corrected chi connectivity index (χ1v) is 12.6. The number of benzene rings is 2. The molecule has 3 aromatic rings. The number of methoxy groups -OCH3 is 1. The fourth-order valence-electron chi connectivity index (χ4n) is 5.93. The Kier molecular flexibility index (Phi) is 7.00. The van der Waals surface area contributed by atoms with Crippen LogP contribution in [0.1, 0.15) is 55.3 Å². The van der Waals surface area contributed by atoms with Crippen molar-refractivity contribution < 1.29 is 19.0 Å². The third-order valence-corrected chi connectivity index (χ3v) is 8.12. The zero-order chi connectivity index (χ0) is 24.4. The molecule has 2 fully saturated rings. The summed E-state index contributed by atoms with van der Waals surface area (Å²) in [6.45, 7) is 1.46. The van der Waals surface area contributed by atoms with Crippen LogP contribution < -0.4 is 4.74 Å². The van der Waals surface area contributed by atoms with E-state index in [9.17, 15) is 9.90 Å². The minimum Gasteiger partial charge on any atom is -0.497 e. The highest BCUT2D eigenvalue weighted by atomic mass is 19.1. The number of likely N-dealkylation sites (tertiary alicyclic amines) is 1. The monoisotopic (exact) mass is 476 g/mol. The molecular formula is C29H33FN2O3. The number of alkyl halides is 1. The second kappa shape index (κ2) is 10.3. The van der Waals surface area contributed by atoms with Crippen molar-refractivity contribution in [2.75, 3.05) is 20.2 Å². The minimum atomic E-state index is -1.17. The van der Waals surface area contributed by atoms with Crippen LogP contribution in [0.5, 0.6) is 5.75 Å². The lowest BCUT2D eigenvalue weighted by atomic mass is 9.73. The Morgan fingerprint density at radius 2 is 2.00 bits per heavy atom. The van der Waals surface area contributed by atoms with Gasteiger partial charge in [0.25, 0.3) is 0 Å². The summed E-state index contributed by atoms with van der Waals surface area (Å²) in [5.41, 5.74) is 2.71. The molecule has 0 radical (unpaired) electrons. The predicted octanol–water partition coefficient (Wildman–Crippen LogP) is 6.00. The fourth-order valence-corrected chi connectivity index (χ4v) is 5.93. The number of aliphatic carboxylic acids is 1. The van der Waals surface area contributed by atoms with Crippen LogP contribution in [0, 0.1) is 11.8 Å². The predicted molar refractivity (Wildman–Crippen MR) is 134 cm³/mol. The topological polar surface area (TPSA) is 62.7 Å². The van der Waals surface area contributed by atoms with Crippen LogP contribution in [-0.4, -0.2) is 47.2 Å². The van der Waals surface area contributed by atoms with E-state index >= 15 is 4.39 Å². The van der Waals surface area contributed by atoms with E-state index in [4.69, 9.17) is 4.74 Å². The molecule has 2 aromatic carbocycles. The molecule has 3 atom stereocenters. The molecule has 5 nitrogen and oxygen atoms in total. The number of carboxylic acids is 1.